The number of nitrogens with one attached hydrogen (secondary N) is 2. The predicted octanol–water partition coefficient (Wildman–Crippen LogP) is -0.781. The van der Waals surface area contributed by atoms with Crippen molar-refractivity contribution in [1.82, 2.24) is 14.9 Å². The van der Waals surface area contributed by atoms with Crippen LogP contribution >= 0.6 is 12.2 Å². The maximum absolute atomic E-state index is 11.5. The first-order valence-electron chi connectivity index (χ1n) is 4.92. The van der Waals surface area contributed by atoms with Crippen molar-refractivity contribution in [2.24, 2.45) is 0 Å². The van der Waals surface area contributed by atoms with Crippen LogP contribution in [-0.2, 0) is 6.54 Å². The molecule has 0 aliphatic heterocycles. The summed E-state index contributed by atoms with van der Waals surface area (Å²) >= 11 is 4.77. The number of aromatic amines is 2. The molecule has 4 N–H and O–H groups in total. The predicted molar refractivity (Wildman–Crippen MR) is 61.7 cm³/mol. The zero-order valence-electron chi connectivity index (χ0n) is 8.77. The third kappa shape index (κ3) is 3.86. The lowest BCUT2D eigenvalue weighted by Crippen LogP contribution is -2.32. The minimum absolute atomic E-state index is 0.0132. The SMILES string of the molecule is O=c1[nH]c(=S)[nH]cc1CN(CCO)CCO. The van der Waals surface area contributed by atoms with Crippen LogP contribution in [0.15, 0.2) is 11.0 Å². The minimum Gasteiger partial charge on any atom is -0.395 e. The third-order valence-electron chi connectivity index (χ3n) is 2.12. The molecule has 1 heterocycles. The van der Waals surface area contributed by atoms with Crippen LogP contribution in [0, 0.1) is 4.77 Å². The van der Waals surface area contributed by atoms with Crippen molar-refractivity contribution in [3.63, 3.8) is 0 Å². The van der Waals surface area contributed by atoms with Crippen molar-refractivity contribution in [3.8, 4) is 0 Å². The van der Waals surface area contributed by atoms with E-state index in [9.17, 15) is 4.79 Å². The van der Waals surface area contributed by atoms with E-state index in [4.69, 9.17) is 22.4 Å². The Hall–Kier alpha value is -1.02. The molecule has 0 atom stereocenters. The summed E-state index contributed by atoms with van der Waals surface area (Å²) in [6.45, 7) is 1.16. The summed E-state index contributed by atoms with van der Waals surface area (Å²) in [5.41, 5.74) is 0.278. The van der Waals surface area contributed by atoms with Crippen molar-refractivity contribution in [2.45, 2.75) is 6.54 Å². The molecule has 0 spiro atoms. The number of aromatic nitrogens is 2. The molecule has 16 heavy (non-hydrogen) atoms. The normalized spacial score (nSPS) is 10.9. The van der Waals surface area contributed by atoms with Crippen molar-refractivity contribution in [1.29, 1.82) is 0 Å². The second kappa shape index (κ2) is 6.54. The lowest BCUT2D eigenvalue weighted by molar-refractivity contribution is 0.155. The maximum atomic E-state index is 11.5. The molecule has 1 aromatic heterocycles. The van der Waals surface area contributed by atoms with Crippen LogP contribution in [0.25, 0.3) is 0 Å². The van der Waals surface area contributed by atoms with E-state index >= 15 is 0 Å². The standard InChI is InChI=1S/C9H15N3O3S/c13-3-1-12(2-4-14)6-7-5-10-9(16)11-8(7)15/h5,13-14H,1-4,6H2,(H2,10,11,15,16). The quantitative estimate of drug-likeness (QED) is 0.493. The van der Waals surface area contributed by atoms with E-state index in [-0.39, 0.29) is 23.5 Å². The first kappa shape index (κ1) is 13.0. The Morgan fingerprint density at radius 3 is 2.44 bits per heavy atom. The molecule has 0 radical (unpaired) electrons. The highest BCUT2D eigenvalue weighted by molar-refractivity contribution is 7.71. The highest BCUT2D eigenvalue weighted by atomic mass is 32.1. The van der Waals surface area contributed by atoms with Crippen LogP contribution in [0.5, 0.6) is 0 Å². The smallest absolute Gasteiger partial charge is 0.256 e. The number of nitrogens with zero attached hydrogens (tertiary/aromatic N) is 1. The van der Waals surface area contributed by atoms with E-state index in [1.165, 1.54) is 0 Å². The Morgan fingerprint density at radius 1 is 1.31 bits per heavy atom. The van der Waals surface area contributed by atoms with Crippen LogP contribution in [0.1, 0.15) is 5.56 Å². The molecular formula is C9H15N3O3S. The number of hydrogen-bond donors (Lipinski definition) is 4. The average Bonchev–Trinajstić information content (AvgIpc) is 2.23. The Morgan fingerprint density at radius 2 is 1.94 bits per heavy atom. The van der Waals surface area contributed by atoms with E-state index in [1.807, 2.05) is 0 Å². The molecule has 0 saturated heterocycles. The summed E-state index contributed by atoms with van der Waals surface area (Å²) in [6, 6.07) is 0. The summed E-state index contributed by atoms with van der Waals surface area (Å²) in [6.07, 6.45) is 1.54. The topological polar surface area (TPSA) is 92.4 Å². The average molecular weight is 245 g/mol. The fraction of sp³-hybridized carbons (Fsp3) is 0.556. The Balaban J connectivity index is 2.76. The molecule has 90 valence electrons. The lowest BCUT2D eigenvalue weighted by Gasteiger charge is -2.19. The second-order valence-corrected chi connectivity index (χ2v) is 3.73. The van der Waals surface area contributed by atoms with Gasteiger partial charge in [-0.05, 0) is 12.2 Å². The van der Waals surface area contributed by atoms with Crippen LogP contribution in [-0.4, -0.2) is 51.4 Å². The van der Waals surface area contributed by atoms with Crippen molar-refractivity contribution >= 4 is 12.2 Å². The summed E-state index contributed by atoms with van der Waals surface area (Å²) < 4.78 is 0.282. The maximum Gasteiger partial charge on any atom is 0.256 e. The highest BCUT2D eigenvalue weighted by Crippen LogP contribution is 1.96. The Labute approximate surface area is 97.6 Å². The number of aliphatic hydroxyl groups excluding tert-OH is 2. The first-order valence-corrected chi connectivity index (χ1v) is 5.33. The lowest BCUT2D eigenvalue weighted by atomic mass is 10.3. The van der Waals surface area contributed by atoms with E-state index in [0.29, 0.717) is 25.2 Å². The van der Waals surface area contributed by atoms with Gasteiger partial charge in [0, 0.05) is 31.4 Å². The Bertz CT molecular complexity index is 422. The van der Waals surface area contributed by atoms with Gasteiger partial charge in [0.1, 0.15) is 0 Å². The zero-order valence-corrected chi connectivity index (χ0v) is 9.59. The van der Waals surface area contributed by atoms with Crippen LogP contribution in [0.3, 0.4) is 0 Å². The van der Waals surface area contributed by atoms with Gasteiger partial charge in [-0.15, -0.1) is 0 Å². The number of hydrogen-bond acceptors (Lipinski definition) is 5. The van der Waals surface area contributed by atoms with Gasteiger partial charge in [0.25, 0.3) is 5.56 Å². The molecule has 0 saturated carbocycles. The van der Waals surface area contributed by atoms with Gasteiger partial charge in [0.2, 0.25) is 0 Å². The minimum atomic E-state index is -0.246. The van der Waals surface area contributed by atoms with Gasteiger partial charge in [-0.1, -0.05) is 0 Å². The van der Waals surface area contributed by atoms with Gasteiger partial charge >= 0.3 is 0 Å². The molecule has 6 nitrogen and oxygen atoms in total. The largest absolute Gasteiger partial charge is 0.395 e. The Kier molecular flexibility index (Phi) is 5.33. The summed E-state index contributed by atoms with van der Waals surface area (Å²) in [5, 5.41) is 17.6. The van der Waals surface area contributed by atoms with Gasteiger partial charge in [-0.25, -0.2) is 0 Å². The van der Waals surface area contributed by atoms with E-state index in [1.54, 1.807) is 11.1 Å². The van der Waals surface area contributed by atoms with Crippen molar-refractivity contribution < 1.29 is 10.2 Å². The molecule has 7 heteroatoms. The molecule has 0 aliphatic rings. The molecule has 0 amide bonds. The molecule has 0 fully saturated rings. The van der Waals surface area contributed by atoms with Crippen LogP contribution < -0.4 is 5.56 Å². The monoisotopic (exact) mass is 245 g/mol. The molecule has 0 aromatic carbocycles. The van der Waals surface area contributed by atoms with Crippen molar-refractivity contribution in [3.05, 3.63) is 26.9 Å². The van der Waals surface area contributed by atoms with Gasteiger partial charge in [0.05, 0.1) is 13.2 Å². The van der Waals surface area contributed by atoms with Gasteiger partial charge in [-0.2, -0.15) is 0 Å². The first-order chi connectivity index (χ1) is 7.67. The summed E-state index contributed by atoms with van der Waals surface area (Å²) in [4.78, 5) is 18.5. The molecule has 1 rings (SSSR count). The van der Waals surface area contributed by atoms with Crippen LogP contribution in [0.4, 0.5) is 0 Å². The highest BCUT2D eigenvalue weighted by Gasteiger charge is 2.07. The third-order valence-corrected chi connectivity index (χ3v) is 2.34. The summed E-state index contributed by atoms with van der Waals surface area (Å²) in [5.74, 6) is 0. The molecule has 0 bridgehead atoms. The zero-order chi connectivity index (χ0) is 12.0. The van der Waals surface area contributed by atoms with E-state index in [2.05, 4.69) is 9.97 Å². The fourth-order valence-corrected chi connectivity index (χ4v) is 1.50. The van der Waals surface area contributed by atoms with Gasteiger partial charge < -0.3 is 15.2 Å². The number of H-pyrrole nitrogens is 2. The molecule has 0 aliphatic carbocycles. The number of rotatable bonds is 6. The van der Waals surface area contributed by atoms with Gasteiger partial charge in [-0.3, -0.25) is 14.7 Å². The molecular weight excluding hydrogens is 230 g/mol. The number of aliphatic hydroxyl groups is 2. The van der Waals surface area contributed by atoms with Gasteiger partial charge in [0.15, 0.2) is 4.77 Å². The van der Waals surface area contributed by atoms with Crippen molar-refractivity contribution in [2.75, 3.05) is 26.3 Å². The van der Waals surface area contributed by atoms with E-state index < -0.39 is 0 Å². The fourth-order valence-electron chi connectivity index (χ4n) is 1.35. The molecule has 1 aromatic rings. The summed E-state index contributed by atoms with van der Waals surface area (Å²) in [7, 11) is 0. The molecule has 0 unspecified atom stereocenters. The van der Waals surface area contributed by atoms with E-state index in [0.717, 1.165) is 0 Å². The van der Waals surface area contributed by atoms with Crippen LogP contribution in [0.2, 0.25) is 0 Å². The second-order valence-electron chi connectivity index (χ2n) is 3.32.